The number of esters is 1. The summed E-state index contributed by atoms with van der Waals surface area (Å²) in [5.41, 5.74) is 1.46. The Balaban J connectivity index is 1.74. The summed E-state index contributed by atoms with van der Waals surface area (Å²) in [6.45, 7) is 3.27. The highest BCUT2D eigenvalue weighted by Gasteiger charge is 2.36. The monoisotopic (exact) mass is 596 g/mol. The van der Waals surface area contributed by atoms with Gasteiger partial charge >= 0.3 is 11.9 Å². The van der Waals surface area contributed by atoms with Gasteiger partial charge in [0.05, 0.1) is 38.0 Å². The number of carbonyl (C=O) groups excluding carboxylic acids is 1. The van der Waals surface area contributed by atoms with Crippen LogP contribution in [-0.4, -0.2) is 84.9 Å². The number of aromatic nitrogens is 1. The molecular formula is C24H26BrFN4O6S. The number of carboxylic acid groups (broad SMARTS) is 1. The molecule has 2 aliphatic heterocycles. The summed E-state index contributed by atoms with van der Waals surface area (Å²) in [5, 5.41) is 14.7. The number of carbonyl (C=O) groups is 2. The van der Waals surface area contributed by atoms with Gasteiger partial charge in [-0.3, -0.25) is 9.89 Å². The van der Waals surface area contributed by atoms with Crippen molar-refractivity contribution in [1.82, 2.24) is 15.2 Å². The summed E-state index contributed by atoms with van der Waals surface area (Å²) in [4.78, 5) is 35.5. The number of amidine groups is 1. The molecule has 1 aromatic carbocycles. The first-order valence-electron chi connectivity index (χ1n) is 11.6. The number of carboxylic acids is 1. The Bertz CT molecular complexity index is 1190. The SMILES string of the molecule is CCOC(=O)C1=C(CN2CCOCC2COCC(=O)O)NC(c2nccs2)=NC1c1ccc(F)cc1Br. The Kier molecular flexibility index (Phi) is 9.38. The molecule has 0 spiro atoms. The minimum Gasteiger partial charge on any atom is -0.480 e. The van der Waals surface area contributed by atoms with Crippen molar-refractivity contribution in [3.63, 3.8) is 0 Å². The number of hydrogen-bond donors (Lipinski definition) is 2. The number of benzene rings is 1. The summed E-state index contributed by atoms with van der Waals surface area (Å²) in [7, 11) is 0. The van der Waals surface area contributed by atoms with E-state index in [0.29, 0.717) is 51.9 Å². The third-order valence-electron chi connectivity index (χ3n) is 5.76. The van der Waals surface area contributed by atoms with Crippen LogP contribution in [0.3, 0.4) is 0 Å². The molecule has 0 bridgehead atoms. The van der Waals surface area contributed by atoms with E-state index in [2.05, 4.69) is 31.1 Å². The summed E-state index contributed by atoms with van der Waals surface area (Å²) in [5.74, 6) is -1.54. The molecule has 3 heterocycles. The highest BCUT2D eigenvalue weighted by molar-refractivity contribution is 9.10. The van der Waals surface area contributed by atoms with Crippen LogP contribution in [0.1, 0.15) is 23.5 Å². The van der Waals surface area contributed by atoms with Crippen molar-refractivity contribution in [3.8, 4) is 0 Å². The van der Waals surface area contributed by atoms with Crippen LogP contribution < -0.4 is 5.32 Å². The first-order chi connectivity index (χ1) is 17.9. The van der Waals surface area contributed by atoms with E-state index >= 15 is 0 Å². The first kappa shape index (κ1) is 27.3. The number of thiazole rings is 1. The van der Waals surface area contributed by atoms with E-state index in [-0.39, 0.29) is 25.8 Å². The lowest BCUT2D eigenvalue weighted by molar-refractivity contribution is -0.144. The third-order valence-corrected chi connectivity index (χ3v) is 7.23. The van der Waals surface area contributed by atoms with Crippen LogP contribution in [0.4, 0.5) is 4.39 Å². The highest BCUT2D eigenvalue weighted by Crippen LogP contribution is 2.37. The lowest BCUT2D eigenvalue weighted by Crippen LogP contribution is -2.51. The number of rotatable bonds is 10. The molecule has 2 N–H and O–H groups in total. The topological polar surface area (TPSA) is 123 Å². The molecule has 0 amide bonds. The van der Waals surface area contributed by atoms with Crippen LogP contribution >= 0.6 is 27.3 Å². The molecule has 198 valence electrons. The molecule has 0 aliphatic carbocycles. The van der Waals surface area contributed by atoms with Gasteiger partial charge in [0.2, 0.25) is 0 Å². The summed E-state index contributed by atoms with van der Waals surface area (Å²) < 4.78 is 30.7. The molecule has 2 aromatic rings. The average Bonchev–Trinajstić information content (AvgIpc) is 3.40. The minimum atomic E-state index is -1.05. The molecule has 1 fully saturated rings. The van der Waals surface area contributed by atoms with Crippen LogP contribution in [0.15, 0.2) is 50.5 Å². The Morgan fingerprint density at radius 3 is 2.95 bits per heavy atom. The number of nitrogens with one attached hydrogen (secondary N) is 1. The maximum Gasteiger partial charge on any atom is 0.338 e. The molecule has 4 rings (SSSR count). The molecule has 0 radical (unpaired) electrons. The number of halogens is 2. The molecule has 1 aromatic heterocycles. The van der Waals surface area contributed by atoms with Crippen molar-refractivity contribution in [3.05, 3.63) is 61.9 Å². The summed E-state index contributed by atoms with van der Waals surface area (Å²) >= 11 is 4.82. The number of hydrogen-bond acceptors (Lipinski definition) is 10. The smallest absolute Gasteiger partial charge is 0.338 e. The largest absolute Gasteiger partial charge is 0.480 e. The molecule has 2 atom stereocenters. The Labute approximate surface area is 225 Å². The van der Waals surface area contributed by atoms with Gasteiger partial charge in [0.1, 0.15) is 18.5 Å². The number of aliphatic carboxylic acids is 1. The second-order valence-corrected chi connectivity index (χ2v) is 9.98. The lowest BCUT2D eigenvalue weighted by Gasteiger charge is -2.37. The molecule has 2 unspecified atom stereocenters. The van der Waals surface area contributed by atoms with E-state index in [4.69, 9.17) is 24.3 Å². The zero-order valence-corrected chi connectivity index (χ0v) is 22.4. The molecule has 0 saturated carbocycles. The zero-order chi connectivity index (χ0) is 26.4. The van der Waals surface area contributed by atoms with Crippen LogP contribution in [0.2, 0.25) is 0 Å². The Morgan fingerprint density at radius 1 is 1.41 bits per heavy atom. The molecular weight excluding hydrogens is 571 g/mol. The van der Waals surface area contributed by atoms with Crippen molar-refractivity contribution in [1.29, 1.82) is 0 Å². The van der Waals surface area contributed by atoms with Crippen molar-refractivity contribution in [2.24, 2.45) is 4.99 Å². The van der Waals surface area contributed by atoms with Gasteiger partial charge in [-0.05, 0) is 24.6 Å². The standard InChI is InChI=1S/C24H26BrFN4O6S/c1-2-36-24(33)20-18(10-30-6-7-34-11-15(30)12-35-13-19(31)32)28-22(23-27-5-8-37-23)29-21(20)16-4-3-14(26)9-17(16)25/h3-5,8-9,15,21H,2,6-7,10-13H2,1H3,(H,28,29)(H,31,32). The fourth-order valence-electron chi connectivity index (χ4n) is 4.10. The lowest BCUT2D eigenvalue weighted by atomic mass is 9.95. The third kappa shape index (κ3) is 6.79. The Morgan fingerprint density at radius 2 is 2.24 bits per heavy atom. The van der Waals surface area contributed by atoms with Crippen LogP contribution in [-0.2, 0) is 23.8 Å². The van der Waals surface area contributed by atoms with E-state index in [9.17, 15) is 14.0 Å². The van der Waals surface area contributed by atoms with E-state index in [0.717, 1.165) is 0 Å². The molecule has 10 nitrogen and oxygen atoms in total. The van der Waals surface area contributed by atoms with Gasteiger partial charge in [-0.25, -0.2) is 19.0 Å². The zero-order valence-electron chi connectivity index (χ0n) is 20.0. The fourth-order valence-corrected chi connectivity index (χ4v) is 5.26. The van der Waals surface area contributed by atoms with E-state index in [1.165, 1.54) is 23.5 Å². The molecule has 2 aliphatic rings. The van der Waals surface area contributed by atoms with E-state index < -0.39 is 30.4 Å². The van der Waals surface area contributed by atoms with Gasteiger partial charge in [0, 0.05) is 34.8 Å². The number of ether oxygens (including phenoxy) is 3. The first-order valence-corrected chi connectivity index (χ1v) is 13.3. The average molecular weight is 597 g/mol. The number of morpholine rings is 1. The van der Waals surface area contributed by atoms with Gasteiger partial charge in [-0.15, -0.1) is 11.3 Å². The fraction of sp³-hybridized carbons (Fsp3) is 0.417. The second-order valence-electron chi connectivity index (χ2n) is 8.23. The van der Waals surface area contributed by atoms with Gasteiger partial charge in [0.25, 0.3) is 0 Å². The van der Waals surface area contributed by atoms with Crippen LogP contribution in [0.5, 0.6) is 0 Å². The van der Waals surface area contributed by atoms with Gasteiger partial charge in [0.15, 0.2) is 10.8 Å². The highest BCUT2D eigenvalue weighted by atomic mass is 79.9. The molecule has 13 heteroatoms. The quantitative estimate of drug-likeness (QED) is 0.398. The predicted molar refractivity (Wildman–Crippen MR) is 137 cm³/mol. The van der Waals surface area contributed by atoms with E-state index in [1.54, 1.807) is 19.2 Å². The van der Waals surface area contributed by atoms with Crippen LogP contribution in [0.25, 0.3) is 0 Å². The Hall–Kier alpha value is -2.71. The number of nitrogens with zero attached hydrogens (tertiary/aromatic N) is 3. The van der Waals surface area contributed by atoms with Gasteiger partial charge < -0.3 is 24.6 Å². The van der Waals surface area contributed by atoms with Crippen molar-refractivity contribution in [2.75, 3.05) is 46.1 Å². The van der Waals surface area contributed by atoms with Crippen molar-refractivity contribution < 1.29 is 33.3 Å². The number of aliphatic imine (C=N–C) groups is 1. The summed E-state index contributed by atoms with van der Waals surface area (Å²) in [6, 6.07) is 3.22. The minimum absolute atomic E-state index is 0.148. The van der Waals surface area contributed by atoms with Crippen molar-refractivity contribution >= 4 is 45.0 Å². The summed E-state index contributed by atoms with van der Waals surface area (Å²) in [6.07, 6.45) is 1.66. The molecule has 1 saturated heterocycles. The van der Waals surface area contributed by atoms with Crippen molar-refractivity contribution in [2.45, 2.75) is 19.0 Å². The maximum atomic E-state index is 13.9. The van der Waals surface area contributed by atoms with Gasteiger partial charge in [-0.1, -0.05) is 22.0 Å². The molecule has 37 heavy (non-hydrogen) atoms. The predicted octanol–water partition coefficient (Wildman–Crippen LogP) is 2.76. The maximum absolute atomic E-state index is 13.9. The second kappa shape index (κ2) is 12.7. The van der Waals surface area contributed by atoms with E-state index in [1.807, 2.05) is 5.38 Å². The van der Waals surface area contributed by atoms with Crippen LogP contribution in [0, 0.1) is 5.82 Å². The normalized spacial score (nSPS) is 20.4. The van der Waals surface area contributed by atoms with Gasteiger partial charge in [-0.2, -0.15) is 0 Å².